The van der Waals surface area contributed by atoms with Gasteiger partial charge in [0.05, 0.1) is 12.1 Å². The first-order valence-electron chi connectivity index (χ1n) is 12.0. The Labute approximate surface area is 207 Å². The van der Waals surface area contributed by atoms with Crippen molar-refractivity contribution in [2.24, 2.45) is 5.92 Å². The number of para-hydroxylation sites is 2. The Morgan fingerprint density at radius 2 is 1.63 bits per heavy atom. The molecule has 35 heavy (non-hydrogen) atoms. The van der Waals surface area contributed by atoms with Gasteiger partial charge in [-0.25, -0.2) is 0 Å². The van der Waals surface area contributed by atoms with Crippen LogP contribution in [-0.2, 0) is 6.42 Å². The Bertz CT molecular complexity index is 1730. The molecule has 5 aromatic rings. The summed E-state index contributed by atoms with van der Waals surface area (Å²) in [6.07, 6.45) is 10.6. The van der Waals surface area contributed by atoms with E-state index in [2.05, 4.69) is 89.5 Å². The number of nitrogen functional groups attached to an aromatic ring is 1. The van der Waals surface area contributed by atoms with Crippen LogP contribution in [0.2, 0.25) is 0 Å². The summed E-state index contributed by atoms with van der Waals surface area (Å²) in [6, 6.07) is 26.0. The average molecular weight is 470 g/mol. The number of aromatic nitrogens is 1. The van der Waals surface area contributed by atoms with Crippen LogP contribution in [0.3, 0.4) is 0 Å². The third-order valence-electron chi connectivity index (χ3n) is 7.51. The predicted octanol–water partition coefficient (Wildman–Crippen LogP) is 7.80. The lowest BCUT2D eigenvalue weighted by molar-refractivity contribution is 0.537. The van der Waals surface area contributed by atoms with Gasteiger partial charge < -0.3 is 10.3 Å². The molecular formula is C31H23N3S. The number of fused-ring (bicyclic) bond motifs is 6. The molecular weight excluding hydrogens is 446 g/mol. The SMILES string of the molecule is N#CC1=CC=C(C2C=Cc3c(sc4cc(N)ccc34)C2)C(n2c3ccccc3c3ccccc32)C1. The minimum atomic E-state index is 0.0978. The molecule has 0 amide bonds. The quantitative estimate of drug-likeness (QED) is 0.268. The van der Waals surface area contributed by atoms with Crippen molar-refractivity contribution < 1.29 is 0 Å². The first-order valence-corrected chi connectivity index (χ1v) is 12.8. The third-order valence-corrected chi connectivity index (χ3v) is 8.70. The summed E-state index contributed by atoms with van der Waals surface area (Å²) in [7, 11) is 0. The van der Waals surface area contributed by atoms with Crippen molar-refractivity contribution in [3.63, 3.8) is 0 Å². The van der Waals surface area contributed by atoms with E-state index in [1.165, 1.54) is 47.9 Å². The highest BCUT2D eigenvalue weighted by atomic mass is 32.1. The summed E-state index contributed by atoms with van der Waals surface area (Å²) in [6.45, 7) is 0. The summed E-state index contributed by atoms with van der Waals surface area (Å²) in [5.41, 5.74) is 12.9. The zero-order chi connectivity index (χ0) is 23.5. The Morgan fingerprint density at radius 1 is 0.886 bits per heavy atom. The van der Waals surface area contributed by atoms with E-state index in [4.69, 9.17) is 5.73 Å². The second-order valence-corrected chi connectivity index (χ2v) is 10.6. The minimum absolute atomic E-state index is 0.0978. The van der Waals surface area contributed by atoms with Crippen LogP contribution in [0.5, 0.6) is 0 Å². The van der Waals surface area contributed by atoms with Crippen molar-refractivity contribution in [3.05, 3.63) is 107 Å². The van der Waals surface area contributed by atoms with Gasteiger partial charge in [-0.15, -0.1) is 11.3 Å². The summed E-state index contributed by atoms with van der Waals surface area (Å²) in [5, 5.41) is 13.6. The Kier molecular flexibility index (Phi) is 4.49. The molecule has 4 heteroatoms. The van der Waals surface area contributed by atoms with Gasteiger partial charge in [-0.05, 0) is 47.9 Å². The van der Waals surface area contributed by atoms with E-state index in [-0.39, 0.29) is 12.0 Å². The molecule has 2 aliphatic rings. The van der Waals surface area contributed by atoms with Crippen LogP contribution in [0.25, 0.3) is 38.0 Å². The first kappa shape index (κ1) is 20.3. The molecule has 2 aliphatic carbocycles. The van der Waals surface area contributed by atoms with Crippen LogP contribution in [0.15, 0.2) is 96.1 Å². The smallest absolute Gasteiger partial charge is 0.0948 e. The molecule has 3 nitrogen and oxygen atoms in total. The van der Waals surface area contributed by atoms with E-state index in [0.717, 1.165) is 17.7 Å². The van der Waals surface area contributed by atoms with Crippen molar-refractivity contribution >= 4 is 55.0 Å². The largest absolute Gasteiger partial charge is 0.399 e. The fourth-order valence-corrected chi connectivity index (χ4v) is 7.21. The van der Waals surface area contributed by atoms with Crippen molar-refractivity contribution in [2.75, 3.05) is 5.73 Å². The van der Waals surface area contributed by atoms with Crippen LogP contribution in [0.4, 0.5) is 5.69 Å². The monoisotopic (exact) mass is 469 g/mol. The number of allylic oxidation sites excluding steroid dienone is 5. The molecule has 7 rings (SSSR count). The van der Waals surface area contributed by atoms with Gasteiger partial charge in [-0.3, -0.25) is 0 Å². The van der Waals surface area contributed by atoms with E-state index >= 15 is 0 Å². The van der Waals surface area contributed by atoms with Gasteiger partial charge in [0.15, 0.2) is 0 Å². The molecule has 2 aromatic heterocycles. The maximum atomic E-state index is 9.78. The number of hydrogen-bond acceptors (Lipinski definition) is 3. The molecule has 0 aliphatic heterocycles. The average Bonchev–Trinajstić information content (AvgIpc) is 3.42. The zero-order valence-electron chi connectivity index (χ0n) is 19.1. The molecule has 0 radical (unpaired) electrons. The van der Waals surface area contributed by atoms with Gasteiger partial charge in [0, 0.05) is 60.4 Å². The second kappa shape index (κ2) is 7.73. The van der Waals surface area contributed by atoms with Gasteiger partial charge in [0.1, 0.15) is 0 Å². The van der Waals surface area contributed by atoms with E-state index in [1.807, 2.05) is 23.5 Å². The number of anilines is 1. The summed E-state index contributed by atoms with van der Waals surface area (Å²) in [4.78, 5) is 1.41. The summed E-state index contributed by atoms with van der Waals surface area (Å²) >= 11 is 1.86. The van der Waals surface area contributed by atoms with Crippen LogP contribution >= 0.6 is 11.3 Å². The fraction of sp³-hybridized carbons (Fsp3) is 0.129. The molecule has 2 unspecified atom stereocenters. The number of nitriles is 1. The molecule has 0 bridgehead atoms. The lowest BCUT2D eigenvalue weighted by Gasteiger charge is -2.31. The van der Waals surface area contributed by atoms with E-state index in [9.17, 15) is 5.26 Å². The summed E-state index contributed by atoms with van der Waals surface area (Å²) < 4.78 is 3.72. The van der Waals surface area contributed by atoms with Gasteiger partial charge in [0.25, 0.3) is 0 Å². The number of hydrogen-bond donors (Lipinski definition) is 1. The standard InChI is InChI=1S/C31H23N3S/c32-18-19-9-12-22(20-10-13-25-26-14-11-21(33)17-31(26)35-30(25)16-20)29(15-19)34-27-7-3-1-5-23(27)24-6-2-4-8-28(24)34/h1-14,17,20,29H,15-16,33H2. The van der Waals surface area contributed by atoms with Gasteiger partial charge in [0.2, 0.25) is 0 Å². The van der Waals surface area contributed by atoms with E-state index in [1.54, 1.807) is 0 Å². The Morgan fingerprint density at radius 3 is 2.37 bits per heavy atom. The molecule has 0 saturated heterocycles. The van der Waals surface area contributed by atoms with Crippen molar-refractivity contribution in [3.8, 4) is 6.07 Å². The molecule has 2 atom stereocenters. The lowest BCUT2D eigenvalue weighted by Crippen LogP contribution is -2.21. The van der Waals surface area contributed by atoms with Crippen LogP contribution < -0.4 is 5.73 Å². The molecule has 2 N–H and O–H groups in total. The zero-order valence-corrected chi connectivity index (χ0v) is 19.9. The molecule has 0 saturated carbocycles. The van der Waals surface area contributed by atoms with Gasteiger partial charge in [-0.2, -0.15) is 5.26 Å². The van der Waals surface area contributed by atoms with Gasteiger partial charge in [-0.1, -0.05) is 60.7 Å². The summed E-state index contributed by atoms with van der Waals surface area (Å²) in [5.74, 6) is 0.286. The fourth-order valence-electron chi connectivity index (χ4n) is 5.91. The van der Waals surface area contributed by atoms with Crippen molar-refractivity contribution in [1.82, 2.24) is 4.57 Å². The molecule has 2 heterocycles. The second-order valence-electron chi connectivity index (χ2n) is 9.46. The Hall–Kier alpha value is -4.07. The van der Waals surface area contributed by atoms with Crippen LogP contribution in [0.1, 0.15) is 22.9 Å². The van der Waals surface area contributed by atoms with Crippen molar-refractivity contribution in [2.45, 2.75) is 18.9 Å². The maximum absolute atomic E-state index is 9.78. The van der Waals surface area contributed by atoms with E-state index < -0.39 is 0 Å². The first-order chi connectivity index (χ1) is 17.2. The van der Waals surface area contributed by atoms with Crippen molar-refractivity contribution in [1.29, 1.82) is 5.26 Å². The highest BCUT2D eigenvalue weighted by Gasteiger charge is 2.31. The minimum Gasteiger partial charge on any atom is -0.399 e. The van der Waals surface area contributed by atoms with Crippen LogP contribution in [-0.4, -0.2) is 4.57 Å². The van der Waals surface area contributed by atoms with E-state index in [0.29, 0.717) is 6.42 Å². The highest BCUT2D eigenvalue weighted by Crippen LogP contribution is 2.45. The normalized spacial score (nSPS) is 19.5. The predicted molar refractivity (Wildman–Crippen MR) is 147 cm³/mol. The molecule has 0 fully saturated rings. The Balaban J connectivity index is 1.38. The number of rotatable bonds is 2. The number of nitrogens with zero attached hydrogens (tertiary/aromatic N) is 2. The number of benzene rings is 3. The van der Waals surface area contributed by atoms with Crippen LogP contribution in [0, 0.1) is 17.2 Å². The highest BCUT2D eigenvalue weighted by molar-refractivity contribution is 7.19. The topological polar surface area (TPSA) is 54.7 Å². The number of nitrogens with two attached hydrogens (primary N) is 1. The molecule has 0 spiro atoms. The molecule has 168 valence electrons. The molecule has 3 aromatic carbocycles. The number of thiophene rings is 1. The lowest BCUT2D eigenvalue weighted by atomic mass is 9.80. The maximum Gasteiger partial charge on any atom is 0.0948 e. The third kappa shape index (κ3) is 3.09. The van der Waals surface area contributed by atoms with Gasteiger partial charge >= 0.3 is 0 Å².